The Labute approximate surface area is 84.8 Å². The molecule has 1 aliphatic rings. The predicted molar refractivity (Wildman–Crippen MR) is 49.1 cm³/mol. The fraction of sp³-hybridized carbons (Fsp3) is 0.667. The standard InChI is InChI=1S/C6H8N2O6S/c1-4-5(2-7(9)10)3-15(13,14)6(4)8(11)12/h6H,2-3H2,1H3/t6-/m1/s1. The second-order valence-electron chi connectivity index (χ2n) is 3.22. The maximum Gasteiger partial charge on any atom is 0.332 e. The van der Waals surface area contributed by atoms with Gasteiger partial charge in [0.05, 0.1) is 5.75 Å². The Hall–Kier alpha value is -1.51. The lowest BCUT2D eigenvalue weighted by Gasteiger charge is -2.01. The molecule has 1 rings (SSSR count). The van der Waals surface area contributed by atoms with Crippen LogP contribution in [0.4, 0.5) is 0 Å². The molecule has 1 heterocycles. The third kappa shape index (κ3) is 2.12. The molecule has 0 aromatic carbocycles. The number of hydrogen-bond acceptors (Lipinski definition) is 6. The number of nitrogens with zero attached hydrogens (tertiary/aromatic N) is 2. The molecular weight excluding hydrogens is 228 g/mol. The molecule has 0 aromatic rings. The van der Waals surface area contributed by atoms with E-state index in [4.69, 9.17) is 0 Å². The summed E-state index contributed by atoms with van der Waals surface area (Å²) >= 11 is 0. The number of rotatable bonds is 3. The van der Waals surface area contributed by atoms with Crippen LogP contribution in [0.1, 0.15) is 6.92 Å². The lowest BCUT2D eigenvalue weighted by Crippen LogP contribution is -2.27. The molecule has 0 amide bonds. The van der Waals surface area contributed by atoms with Crippen LogP contribution in [0.15, 0.2) is 11.1 Å². The summed E-state index contributed by atoms with van der Waals surface area (Å²) < 4.78 is 22.6. The molecule has 0 aromatic heterocycles. The molecule has 0 saturated carbocycles. The quantitative estimate of drug-likeness (QED) is 0.373. The molecule has 84 valence electrons. The second kappa shape index (κ2) is 3.57. The first-order valence-corrected chi connectivity index (χ1v) is 5.62. The number of sulfone groups is 1. The maximum atomic E-state index is 11.3. The molecule has 0 spiro atoms. The van der Waals surface area contributed by atoms with Gasteiger partial charge in [-0.1, -0.05) is 0 Å². The minimum absolute atomic E-state index is 0.0155. The van der Waals surface area contributed by atoms with Crippen molar-refractivity contribution < 1.29 is 18.3 Å². The highest BCUT2D eigenvalue weighted by Crippen LogP contribution is 2.27. The minimum Gasteiger partial charge on any atom is -0.264 e. The van der Waals surface area contributed by atoms with Crippen LogP contribution in [-0.2, 0) is 9.84 Å². The topological polar surface area (TPSA) is 120 Å². The van der Waals surface area contributed by atoms with E-state index in [-0.39, 0.29) is 11.1 Å². The Kier molecular flexibility index (Phi) is 2.75. The van der Waals surface area contributed by atoms with Crippen molar-refractivity contribution in [3.8, 4) is 0 Å². The first-order chi connectivity index (χ1) is 6.75. The zero-order chi connectivity index (χ0) is 11.8. The van der Waals surface area contributed by atoms with Gasteiger partial charge in [-0.05, 0) is 6.92 Å². The Morgan fingerprint density at radius 2 is 1.93 bits per heavy atom. The van der Waals surface area contributed by atoms with Gasteiger partial charge in [0.25, 0.3) is 0 Å². The van der Waals surface area contributed by atoms with Crippen molar-refractivity contribution >= 4 is 9.84 Å². The monoisotopic (exact) mass is 236 g/mol. The van der Waals surface area contributed by atoms with Gasteiger partial charge in [-0.2, -0.15) is 0 Å². The van der Waals surface area contributed by atoms with E-state index in [1.165, 1.54) is 6.92 Å². The lowest BCUT2D eigenvalue weighted by atomic mass is 10.1. The third-order valence-corrected chi connectivity index (χ3v) is 4.11. The van der Waals surface area contributed by atoms with Gasteiger partial charge >= 0.3 is 5.37 Å². The number of hydrogen-bond donors (Lipinski definition) is 0. The number of nitro groups is 2. The van der Waals surface area contributed by atoms with Crippen LogP contribution in [0.3, 0.4) is 0 Å². The van der Waals surface area contributed by atoms with Crippen LogP contribution in [0, 0.1) is 20.2 Å². The van der Waals surface area contributed by atoms with E-state index >= 15 is 0 Å². The second-order valence-corrected chi connectivity index (χ2v) is 5.28. The summed E-state index contributed by atoms with van der Waals surface area (Å²) in [6.45, 7) is 0.590. The SMILES string of the molecule is CC1=C(C[N+](=O)[O-])CS(=O)(=O)[C@H]1[N+](=O)[O-]. The maximum absolute atomic E-state index is 11.3. The summed E-state index contributed by atoms with van der Waals surface area (Å²) in [5.41, 5.74) is -0.0154. The van der Waals surface area contributed by atoms with E-state index in [2.05, 4.69) is 0 Å². The predicted octanol–water partition coefficient (Wildman–Crippen LogP) is -0.389. The van der Waals surface area contributed by atoms with Crippen molar-refractivity contribution in [3.05, 3.63) is 31.4 Å². The van der Waals surface area contributed by atoms with Gasteiger partial charge in [-0.3, -0.25) is 20.2 Å². The lowest BCUT2D eigenvalue weighted by molar-refractivity contribution is -0.488. The Bertz CT molecular complexity index is 450. The summed E-state index contributed by atoms with van der Waals surface area (Å²) in [5.74, 6) is -0.592. The van der Waals surface area contributed by atoms with Crippen LogP contribution < -0.4 is 0 Å². The fourth-order valence-corrected chi connectivity index (χ4v) is 3.43. The van der Waals surface area contributed by atoms with E-state index < -0.39 is 37.4 Å². The molecule has 1 atom stereocenters. The summed E-state index contributed by atoms with van der Waals surface area (Å²) in [4.78, 5) is 19.0. The van der Waals surface area contributed by atoms with Crippen LogP contribution in [0.25, 0.3) is 0 Å². The van der Waals surface area contributed by atoms with Gasteiger partial charge in [-0.15, -0.1) is 0 Å². The van der Waals surface area contributed by atoms with Crippen molar-refractivity contribution in [2.24, 2.45) is 0 Å². The third-order valence-electron chi connectivity index (χ3n) is 2.16. The first kappa shape index (κ1) is 11.6. The van der Waals surface area contributed by atoms with Gasteiger partial charge in [0.2, 0.25) is 16.4 Å². The van der Waals surface area contributed by atoms with Gasteiger partial charge in [0, 0.05) is 21.0 Å². The summed E-state index contributed by atoms with van der Waals surface area (Å²) in [7, 11) is -3.91. The van der Waals surface area contributed by atoms with E-state index in [1.54, 1.807) is 0 Å². The molecule has 15 heavy (non-hydrogen) atoms. The summed E-state index contributed by atoms with van der Waals surface area (Å²) in [6, 6.07) is 0. The highest BCUT2D eigenvalue weighted by molar-refractivity contribution is 7.92. The minimum atomic E-state index is -3.91. The Morgan fingerprint density at radius 3 is 2.27 bits per heavy atom. The fourth-order valence-electron chi connectivity index (χ4n) is 1.50. The smallest absolute Gasteiger partial charge is 0.264 e. The molecule has 0 unspecified atom stereocenters. The first-order valence-electron chi connectivity index (χ1n) is 3.91. The molecule has 0 radical (unpaired) electrons. The van der Waals surface area contributed by atoms with Crippen LogP contribution in [0.2, 0.25) is 0 Å². The van der Waals surface area contributed by atoms with Gasteiger partial charge in [0.1, 0.15) is 0 Å². The highest BCUT2D eigenvalue weighted by Gasteiger charge is 2.46. The average Bonchev–Trinajstić information content (AvgIpc) is 2.19. The molecule has 9 heteroatoms. The molecule has 0 N–H and O–H groups in total. The zero-order valence-electron chi connectivity index (χ0n) is 7.74. The zero-order valence-corrected chi connectivity index (χ0v) is 8.56. The average molecular weight is 236 g/mol. The van der Waals surface area contributed by atoms with Gasteiger partial charge in [-0.25, -0.2) is 8.42 Å². The molecule has 0 aliphatic carbocycles. The van der Waals surface area contributed by atoms with Gasteiger partial charge < -0.3 is 0 Å². The molecular formula is C6H8N2O6S. The van der Waals surface area contributed by atoms with Crippen molar-refractivity contribution in [1.82, 2.24) is 0 Å². The van der Waals surface area contributed by atoms with Gasteiger partial charge in [0.15, 0.2) is 0 Å². The molecule has 1 aliphatic heterocycles. The summed E-state index contributed by atoms with van der Waals surface area (Å²) in [5, 5.41) is 18.9. The molecule has 8 nitrogen and oxygen atoms in total. The van der Waals surface area contributed by atoms with E-state index in [1.807, 2.05) is 0 Å². The Balaban J connectivity index is 3.12. The van der Waals surface area contributed by atoms with Crippen LogP contribution >= 0.6 is 0 Å². The van der Waals surface area contributed by atoms with E-state index in [0.29, 0.717) is 0 Å². The molecule has 0 bridgehead atoms. The normalized spacial score (nSPS) is 24.2. The van der Waals surface area contributed by atoms with Crippen molar-refractivity contribution in [2.75, 3.05) is 12.3 Å². The molecule has 0 saturated heterocycles. The van der Waals surface area contributed by atoms with Crippen LogP contribution in [0.5, 0.6) is 0 Å². The van der Waals surface area contributed by atoms with Crippen molar-refractivity contribution in [3.63, 3.8) is 0 Å². The largest absolute Gasteiger partial charge is 0.332 e. The van der Waals surface area contributed by atoms with Crippen molar-refractivity contribution in [1.29, 1.82) is 0 Å². The summed E-state index contributed by atoms with van der Waals surface area (Å²) in [6.07, 6.45) is 0. The Morgan fingerprint density at radius 1 is 1.40 bits per heavy atom. The highest BCUT2D eigenvalue weighted by atomic mass is 32.2. The molecule has 0 fully saturated rings. The van der Waals surface area contributed by atoms with Crippen LogP contribution in [-0.4, -0.2) is 35.9 Å². The van der Waals surface area contributed by atoms with Crippen molar-refractivity contribution in [2.45, 2.75) is 12.3 Å². The van der Waals surface area contributed by atoms with E-state index in [0.717, 1.165) is 0 Å². The van der Waals surface area contributed by atoms with E-state index in [9.17, 15) is 28.6 Å².